The number of rotatable bonds is 5. The number of hydrogen-bond donors (Lipinski definition) is 2. The lowest BCUT2D eigenvalue weighted by Gasteiger charge is -1.99. The minimum Gasteiger partial charge on any atom is -0.363 e. The van der Waals surface area contributed by atoms with E-state index < -0.39 is 0 Å². The van der Waals surface area contributed by atoms with Crippen molar-refractivity contribution in [3.63, 3.8) is 0 Å². The van der Waals surface area contributed by atoms with Crippen LogP contribution in [0, 0.1) is 0 Å². The van der Waals surface area contributed by atoms with Gasteiger partial charge in [0.15, 0.2) is 10.3 Å². The highest BCUT2D eigenvalue weighted by molar-refractivity contribution is 8.14. The number of nitrogens with zero attached hydrogens (tertiary/aromatic N) is 2. The molecule has 0 aromatic rings. The molecule has 2 heterocycles. The summed E-state index contributed by atoms with van der Waals surface area (Å²) in [6.45, 7) is 3.86. The van der Waals surface area contributed by atoms with Crippen LogP contribution in [0.25, 0.3) is 0 Å². The average molecular weight is 270 g/mol. The molecular weight excluding hydrogens is 252 g/mol. The number of aliphatic imine (C=N–C) groups is 2. The van der Waals surface area contributed by atoms with Crippen molar-refractivity contribution in [1.82, 2.24) is 10.6 Å². The number of thioether (sulfide) groups is 2. The van der Waals surface area contributed by atoms with E-state index in [2.05, 4.69) is 32.8 Å². The van der Waals surface area contributed by atoms with Gasteiger partial charge in [-0.3, -0.25) is 9.98 Å². The molecule has 2 aliphatic heterocycles. The zero-order chi connectivity index (χ0) is 11.8. The Kier molecular flexibility index (Phi) is 5.78. The predicted octanol–water partition coefficient (Wildman–Crippen LogP) is 1.32. The van der Waals surface area contributed by atoms with E-state index in [1.165, 1.54) is 0 Å². The fraction of sp³-hybridized carbons (Fsp3) is 0.636. The minimum absolute atomic E-state index is 0.928. The molecule has 17 heavy (non-hydrogen) atoms. The van der Waals surface area contributed by atoms with Crippen molar-refractivity contribution in [2.75, 3.05) is 37.7 Å². The summed E-state index contributed by atoms with van der Waals surface area (Å²) >= 11 is 3.59. The van der Waals surface area contributed by atoms with E-state index in [-0.39, 0.29) is 0 Å². The lowest BCUT2D eigenvalue weighted by molar-refractivity contribution is 0.963. The first-order valence-electron chi connectivity index (χ1n) is 5.92. The van der Waals surface area contributed by atoms with E-state index in [0.717, 1.165) is 54.4 Å². The smallest absolute Gasteiger partial charge is 0.156 e. The molecule has 0 atom stereocenters. The molecule has 2 rings (SSSR count). The molecular formula is C11H18N4S2. The van der Waals surface area contributed by atoms with E-state index >= 15 is 0 Å². The van der Waals surface area contributed by atoms with Gasteiger partial charge in [-0.1, -0.05) is 35.7 Å². The first-order valence-corrected chi connectivity index (χ1v) is 7.89. The summed E-state index contributed by atoms with van der Waals surface area (Å²) in [5.74, 6) is 2.11. The van der Waals surface area contributed by atoms with Crippen LogP contribution in [0.2, 0.25) is 0 Å². The molecule has 0 saturated carbocycles. The highest BCUT2D eigenvalue weighted by atomic mass is 32.2. The number of nitrogens with one attached hydrogen (secondary N) is 2. The molecule has 0 amide bonds. The second-order valence-electron chi connectivity index (χ2n) is 3.65. The van der Waals surface area contributed by atoms with Crippen molar-refractivity contribution in [2.24, 2.45) is 9.98 Å². The maximum absolute atomic E-state index is 4.34. The SMILES string of the molecule is C(=C\CSC1=NCCN1)/CCSC1=NCCN1. The third-order valence-corrected chi connectivity index (χ3v) is 4.19. The standard InChI is InChI=1S/C11H18N4S2/c1(2-8-16-10-12-4-5-13-10)3-9-17-11-14-6-7-15-11/h1-2H,3-9H2,(H,12,13)(H,14,15)/b2-1+. The highest BCUT2D eigenvalue weighted by Gasteiger charge is 2.04. The van der Waals surface area contributed by atoms with Crippen molar-refractivity contribution < 1.29 is 0 Å². The third-order valence-electron chi connectivity index (χ3n) is 2.29. The first-order chi connectivity index (χ1) is 8.45. The molecule has 6 heteroatoms. The monoisotopic (exact) mass is 270 g/mol. The maximum Gasteiger partial charge on any atom is 0.156 e. The highest BCUT2D eigenvalue weighted by Crippen LogP contribution is 2.08. The number of amidine groups is 2. The summed E-state index contributed by atoms with van der Waals surface area (Å²) in [4.78, 5) is 8.67. The first kappa shape index (κ1) is 12.8. The summed E-state index contributed by atoms with van der Waals surface area (Å²) in [6.07, 6.45) is 5.56. The molecule has 0 aromatic carbocycles. The van der Waals surface area contributed by atoms with Gasteiger partial charge in [-0.2, -0.15) is 0 Å². The Morgan fingerprint density at radius 2 is 1.71 bits per heavy atom. The third kappa shape index (κ3) is 5.04. The molecule has 4 nitrogen and oxygen atoms in total. The molecule has 94 valence electrons. The van der Waals surface area contributed by atoms with Gasteiger partial charge in [-0.25, -0.2) is 0 Å². The topological polar surface area (TPSA) is 48.8 Å². The van der Waals surface area contributed by atoms with Crippen LogP contribution in [-0.4, -0.2) is 48.0 Å². The van der Waals surface area contributed by atoms with Gasteiger partial charge < -0.3 is 10.6 Å². The maximum atomic E-state index is 4.34. The Morgan fingerprint density at radius 3 is 2.35 bits per heavy atom. The summed E-state index contributed by atoms with van der Waals surface area (Å²) in [7, 11) is 0. The molecule has 0 aliphatic carbocycles. The van der Waals surface area contributed by atoms with Gasteiger partial charge in [0.2, 0.25) is 0 Å². The molecule has 0 bridgehead atoms. The zero-order valence-corrected chi connectivity index (χ0v) is 11.4. The van der Waals surface area contributed by atoms with Crippen LogP contribution >= 0.6 is 23.5 Å². The Bertz CT molecular complexity index is 325. The molecule has 0 unspecified atom stereocenters. The molecule has 0 radical (unpaired) electrons. The van der Waals surface area contributed by atoms with Crippen LogP contribution in [0.15, 0.2) is 22.1 Å². The van der Waals surface area contributed by atoms with Crippen molar-refractivity contribution in [3.05, 3.63) is 12.2 Å². The van der Waals surface area contributed by atoms with Crippen molar-refractivity contribution in [1.29, 1.82) is 0 Å². The molecule has 0 spiro atoms. The predicted molar refractivity (Wildman–Crippen MR) is 79.3 cm³/mol. The van der Waals surface area contributed by atoms with Gasteiger partial charge in [0.05, 0.1) is 13.1 Å². The Hall–Kier alpha value is -0.620. The minimum atomic E-state index is 0.928. The van der Waals surface area contributed by atoms with Crippen LogP contribution in [0.5, 0.6) is 0 Å². The van der Waals surface area contributed by atoms with Crippen molar-refractivity contribution in [3.8, 4) is 0 Å². The Morgan fingerprint density at radius 1 is 1.00 bits per heavy atom. The fourth-order valence-corrected chi connectivity index (χ4v) is 3.09. The van der Waals surface area contributed by atoms with Crippen LogP contribution in [-0.2, 0) is 0 Å². The van der Waals surface area contributed by atoms with E-state index in [1.54, 1.807) is 11.8 Å². The lowest BCUT2D eigenvalue weighted by atomic mass is 10.4. The van der Waals surface area contributed by atoms with Crippen LogP contribution < -0.4 is 10.6 Å². The van der Waals surface area contributed by atoms with Crippen LogP contribution in [0.3, 0.4) is 0 Å². The number of hydrogen-bond acceptors (Lipinski definition) is 6. The fourth-order valence-electron chi connectivity index (χ4n) is 1.48. The Balaban J connectivity index is 1.47. The molecule has 2 aliphatic rings. The average Bonchev–Trinajstić information content (AvgIpc) is 3.00. The largest absolute Gasteiger partial charge is 0.363 e. The van der Waals surface area contributed by atoms with E-state index in [1.807, 2.05) is 11.8 Å². The Labute approximate surface area is 111 Å². The molecule has 0 saturated heterocycles. The summed E-state index contributed by atoms with van der Waals surface area (Å²) in [5.41, 5.74) is 0. The van der Waals surface area contributed by atoms with E-state index in [0.29, 0.717) is 0 Å². The second-order valence-corrected chi connectivity index (χ2v) is 5.74. The van der Waals surface area contributed by atoms with Gasteiger partial charge in [0.25, 0.3) is 0 Å². The van der Waals surface area contributed by atoms with Crippen LogP contribution in [0.1, 0.15) is 6.42 Å². The van der Waals surface area contributed by atoms with Gasteiger partial charge in [-0.05, 0) is 6.42 Å². The van der Waals surface area contributed by atoms with E-state index in [4.69, 9.17) is 0 Å². The van der Waals surface area contributed by atoms with E-state index in [9.17, 15) is 0 Å². The zero-order valence-electron chi connectivity index (χ0n) is 9.82. The van der Waals surface area contributed by atoms with Gasteiger partial charge in [0.1, 0.15) is 0 Å². The van der Waals surface area contributed by atoms with Gasteiger partial charge in [-0.15, -0.1) is 0 Å². The number of allylic oxidation sites excluding steroid dienone is 1. The summed E-state index contributed by atoms with van der Waals surface area (Å²) in [5, 5.41) is 8.70. The lowest BCUT2D eigenvalue weighted by Crippen LogP contribution is -2.15. The van der Waals surface area contributed by atoms with Crippen molar-refractivity contribution in [2.45, 2.75) is 6.42 Å². The summed E-state index contributed by atoms with van der Waals surface area (Å²) in [6, 6.07) is 0. The summed E-state index contributed by atoms with van der Waals surface area (Å²) < 4.78 is 0. The van der Waals surface area contributed by atoms with Gasteiger partial charge in [0, 0.05) is 24.6 Å². The molecule has 0 aromatic heterocycles. The normalized spacial score (nSPS) is 19.1. The molecule has 2 N–H and O–H groups in total. The van der Waals surface area contributed by atoms with Crippen LogP contribution in [0.4, 0.5) is 0 Å². The second kappa shape index (κ2) is 7.66. The molecule has 0 fully saturated rings. The quantitative estimate of drug-likeness (QED) is 0.584. The van der Waals surface area contributed by atoms with Crippen molar-refractivity contribution >= 4 is 33.9 Å². The van der Waals surface area contributed by atoms with Gasteiger partial charge >= 0.3 is 0 Å².